The van der Waals surface area contributed by atoms with Gasteiger partial charge in [0.05, 0.1) is 21.5 Å². The van der Waals surface area contributed by atoms with E-state index in [-0.39, 0.29) is 5.91 Å². The van der Waals surface area contributed by atoms with Crippen LogP contribution in [0.15, 0.2) is 47.6 Å². The Hall–Kier alpha value is -1.72. The Morgan fingerprint density at radius 1 is 1.37 bits per heavy atom. The number of benzene rings is 1. The van der Waals surface area contributed by atoms with Gasteiger partial charge in [-0.25, -0.2) is 4.98 Å². The molecule has 1 aromatic heterocycles. The van der Waals surface area contributed by atoms with Gasteiger partial charge in [-0.15, -0.1) is 0 Å². The molecule has 0 atom stereocenters. The third kappa shape index (κ3) is 4.15. The molecule has 4 nitrogen and oxygen atoms in total. The summed E-state index contributed by atoms with van der Waals surface area (Å²) in [6.45, 7) is 0. The van der Waals surface area contributed by atoms with E-state index >= 15 is 0 Å². The number of hydrogen-bond acceptors (Lipinski definition) is 4. The Bertz CT molecular complexity index is 577. The molecule has 0 saturated carbocycles. The van der Waals surface area contributed by atoms with Crippen molar-refractivity contribution in [2.24, 2.45) is 0 Å². The number of carbonyl (C=O) groups excluding carboxylic acids is 1. The van der Waals surface area contributed by atoms with Crippen molar-refractivity contribution >= 4 is 40.6 Å². The molecule has 0 spiro atoms. The van der Waals surface area contributed by atoms with E-state index in [1.807, 2.05) is 18.2 Å². The largest absolute Gasteiger partial charge is 0.397 e. The minimum Gasteiger partial charge on any atom is -0.397 e. The molecule has 0 aliphatic carbocycles. The molecule has 0 unspecified atom stereocenters. The predicted molar refractivity (Wildman–Crippen MR) is 79.5 cm³/mol. The fraction of sp³-hybridized carbons (Fsp3) is 0.0769. The van der Waals surface area contributed by atoms with E-state index in [1.165, 1.54) is 11.8 Å². The van der Waals surface area contributed by atoms with E-state index < -0.39 is 0 Å². The van der Waals surface area contributed by atoms with Crippen LogP contribution in [0, 0.1) is 0 Å². The molecule has 2 aromatic rings. The molecule has 0 aliphatic heterocycles. The molecule has 1 amide bonds. The van der Waals surface area contributed by atoms with Crippen LogP contribution >= 0.6 is 23.4 Å². The number of amides is 1. The zero-order valence-corrected chi connectivity index (χ0v) is 11.5. The summed E-state index contributed by atoms with van der Waals surface area (Å²) in [7, 11) is 0. The predicted octanol–water partition coefficient (Wildman–Crippen LogP) is 3.05. The smallest absolute Gasteiger partial charge is 0.234 e. The SMILES string of the molecule is Nc1cc(NC(=O)CSc2ccccn2)ccc1Cl. The lowest BCUT2D eigenvalue weighted by atomic mass is 10.3. The van der Waals surface area contributed by atoms with Crippen LogP contribution in [0.1, 0.15) is 0 Å². The molecule has 3 N–H and O–H groups in total. The molecule has 0 saturated heterocycles. The summed E-state index contributed by atoms with van der Waals surface area (Å²) < 4.78 is 0. The molecule has 1 heterocycles. The molecule has 0 fully saturated rings. The van der Waals surface area contributed by atoms with Gasteiger partial charge in [0.15, 0.2) is 0 Å². The Morgan fingerprint density at radius 2 is 2.21 bits per heavy atom. The highest BCUT2D eigenvalue weighted by Gasteiger charge is 2.05. The average Bonchev–Trinajstić information content (AvgIpc) is 2.42. The summed E-state index contributed by atoms with van der Waals surface area (Å²) in [5.41, 5.74) is 6.74. The first-order chi connectivity index (χ1) is 9.15. The molecule has 0 bridgehead atoms. The Morgan fingerprint density at radius 3 is 2.89 bits per heavy atom. The second-order valence-electron chi connectivity index (χ2n) is 3.74. The first kappa shape index (κ1) is 13.7. The van der Waals surface area contributed by atoms with Crippen LogP contribution in [-0.4, -0.2) is 16.6 Å². The molecule has 1 aromatic carbocycles. The van der Waals surface area contributed by atoms with E-state index in [4.69, 9.17) is 17.3 Å². The van der Waals surface area contributed by atoms with Crippen LogP contribution in [0.4, 0.5) is 11.4 Å². The van der Waals surface area contributed by atoms with Gasteiger partial charge in [-0.1, -0.05) is 29.4 Å². The minimum atomic E-state index is -0.114. The highest BCUT2D eigenvalue weighted by molar-refractivity contribution is 7.99. The van der Waals surface area contributed by atoms with E-state index in [0.29, 0.717) is 22.2 Å². The lowest BCUT2D eigenvalue weighted by Gasteiger charge is -2.06. The van der Waals surface area contributed by atoms with Crippen LogP contribution < -0.4 is 11.1 Å². The summed E-state index contributed by atoms with van der Waals surface area (Å²) in [6.07, 6.45) is 1.69. The zero-order valence-electron chi connectivity index (χ0n) is 9.97. The van der Waals surface area contributed by atoms with Crippen molar-refractivity contribution in [3.05, 3.63) is 47.6 Å². The maximum atomic E-state index is 11.7. The van der Waals surface area contributed by atoms with Gasteiger partial charge in [0.2, 0.25) is 5.91 Å². The zero-order chi connectivity index (χ0) is 13.7. The molecule has 6 heteroatoms. The molecule has 0 radical (unpaired) electrons. The number of rotatable bonds is 4. The van der Waals surface area contributed by atoms with Gasteiger partial charge in [0.25, 0.3) is 0 Å². The van der Waals surface area contributed by atoms with E-state index in [1.54, 1.807) is 24.4 Å². The van der Waals surface area contributed by atoms with Crippen LogP contribution in [0.5, 0.6) is 0 Å². The van der Waals surface area contributed by atoms with Gasteiger partial charge in [0.1, 0.15) is 0 Å². The maximum absolute atomic E-state index is 11.7. The van der Waals surface area contributed by atoms with Crippen molar-refractivity contribution in [3.8, 4) is 0 Å². The lowest BCUT2D eigenvalue weighted by molar-refractivity contribution is -0.113. The first-order valence-electron chi connectivity index (χ1n) is 5.54. The molecule has 0 aliphatic rings. The van der Waals surface area contributed by atoms with Crippen molar-refractivity contribution in [1.82, 2.24) is 4.98 Å². The quantitative estimate of drug-likeness (QED) is 0.671. The van der Waals surface area contributed by atoms with Crippen molar-refractivity contribution in [2.75, 3.05) is 16.8 Å². The Labute approximate surface area is 120 Å². The summed E-state index contributed by atoms with van der Waals surface area (Å²) in [4.78, 5) is 15.9. The number of nitrogen functional groups attached to an aromatic ring is 1. The third-order valence-electron chi connectivity index (χ3n) is 2.27. The van der Waals surface area contributed by atoms with Gasteiger partial charge < -0.3 is 11.1 Å². The lowest BCUT2D eigenvalue weighted by Crippen LogP contribution is -2.14. The second-order valence-corrected chi connectivity index (χ2v) is 5.14. The van der Waals surface area contributed by atoms with Crippen LogP contribution in [0.3, 0.4) is 0 Å². The number of hydrogen-bond donors (Lipinski definition) is 2. The number of aromatic nitrogens is 1. The Balaban J connectivity index is 1.89. The number of carbonyl (C=O) groups is 1. The van der Waals surface area contributed by atoms with Crippen LogP contribution in [-0.2, 0) is 4.79 Å². The van der Waals surface area contributed by atoms with Crippen LogP contribution in [0.2, 0.25) is 5.02 Å². The number of pyridine rings is 1. The monoisotopic (exact) mass is 293 g/mol. The topological polar surface area (TPSA) is 68.0 Å². The fourth-order valence-corrected chi connectivity index (χ4v) is 2.17. The van der Waals surface area contributed by atoms with Crippen molar-refractivity contribution in [3.63, 3.8) is 0 Å². The maximum Gasteiger partial charge on any atom is 0.234 e. The summed E-state index contributed by atoms with van der Waals surface area (Å²) >= 11 is 7.18. The van der Waals surface area contributed by atoms with Crippen molar-refractivity contribution in [2.45, 2.75) is 5.03 Å². The third-order valence-corrected chi connectivity index (χ3v) is 3.56. The summed E-state index contributed by atoms with van der Waals surface area (Å²) in [5.74, 6) is 0.178. The van der Waals surface area contributed by atoms with Crippen LogP contribution in [0.25, 0.3) is 0 Å². The van der Waals surface area contributed by atoms with Gasteiger partial charge in [-0.3, -0.25) is 4.79 Å². The summed E-state index contributed by atoms with van der Waals surface area (Å²) in [6, 6.07) is 10.6. The van der Waals surface area contributed by atoms with Gasteiger partial charge >= 0.3 is 0 Å². The van der Waals surface area contributed by atoms with E-state index in [0.717, 1.165) is 5.03 Å². The minimum absolute atomic E-state index is 0.114. The first-order valence-corrected chi connectivity index (χ1v) is 6.90. The molecule has 98 valence electrons. The summed E-state index contributed by atoms with van der Waals surface area (Å²) in [5, 5.41) is 4.04. The van der Waals surface area contributed by atoms with E-state index in [2.05, 4.69) is 10.3 Å². The highest BCUT2D eigenvalue weighted by atomic mass is 35.5. The average molecular weight is 294 g/mol. The van der Waals surface area contributed by atoms with Gasteiger partial charge in [0, 0.05) is 11.9 Å². The van der Waals surface area contributed by atoms with Crippen molar-refractivity contribution < 1.29 is 4.79 Å². The molecular weight excluding hydrogens is 282 g/mol. The standard InChI is InChI=1S/C13H12ClN3OS/c14-10-5-4-9(7-11(10)15)17-12(18)8-19-13-3-1-2-6-16-13/h1-7H,8,15H2,(H,17,18). The van der Waals surface area contributed by atoms with Gasteiger partial charge in [-0.2, -0.15) is 0 Å². The molecular formula is C13H12ClN3OS. The number of nitrogens with zero attached hydrogens (tertiary/aromatic N) is 1. The number of anilines is 2. The number of halogens is 1. The number of nitrogens with one attached hydrogen (secondary N) is 1. The van der Waals surface area contributed by atoms with Crippen molar-refractivity contribution in [1.29, 1.82) is 0 Å². The second kappa shape index (κ2) is 6.45. The highest BCUT2D eigenvalue weighted by Crippen LogP contribution is 2.22. The normalized spacial score (nSPS) is 10.2. The fourth-order valence-electron chi connectivity index (χ4n) is 1.39. The Kier molecular flexibility index (Phi) is 4.65. The van der Waals surface area contributed by atoms with E-state index in [9.17, 15) is 4.79 Å². The molecule has 2 rings (SSSR count). The number of thioether (sulfide) groups is 1. The molecule has 19 heavy (non-hydrogen) atoms. The number of nitrogens with two attached hydrogens (primary N) is 1. The van der Waals surface area contributed by atoms with Gasteiger partial charge in [-0.05, 0) is 30.3 Å².